The van der Waals surface area contributed by atoms with Gasteiger partial charge >= 0.3 is 0 Å². The third-order valence-corrected chi connectivity index (χ3v) is 5.70. The number of fused-ring (bicyclic) bond motifs is 1. The Morgan fingerprint density at radius 3 is 1.57 bits per heavy atom. The first-order valence-corrected chi connectivity index (χ1v) is 14.6. The molecule has 0 spiro atoms. The van der Waals surface area contributed by atoms with Crippen molar-refractivity contribution < 1.29 is 0 Å². The topological polar surface area (TPSA) is 26.0 Å². The van der Waals surface area contributed by atoms with Gasteiger partial charge in [0.2, 0.25) is 0 Å². The quantitative estimate of drug-likeness (QED) is 0.190. The minimum absolute atomic E-state index is 0.829. The van der Waals surface area contributed by atoms with Gasteiger partial charge in [-0.2, -0.15) is 12.6 Å². The van der Waals surface area contributed by atoms with Gasteiger partial charge in [0.05, 0.1) is 0 Å². The summed E-state index contributed by atoms with van der Waals surface area (Å²) >= 11 is 12.9. The number of aryl methyl sites for hydroxylation is 3. The molecular formula is C31H53NS3. The molecule has 0 heterocycles. The van der Waals surface area contributed by atoms with Crippen LogP contribution in [0.1, 0.15) is 90.5 Å². The van der Waals surface area contributed by atoms with Crippen LogP contribution in [0.15, 0.2) is 52.3 Å². The van der Waals surface area contributed by atoms with Crippen LogP contribution in [-0.2, 0) is 6.42 Å². The average Bonchev–Trinajstić information content (AvgIpc) is 2.87. The van der Waals surface area contributed by atoms with Gasteiger partial charge in [0.25, 0.3) is 0 Å². The van der Waals surface area contributed by atoms with Crippen LogP contribution >= 0.6 is 37.9 Å². The van der Waals surface area contributed by atoms with E-state index in [0.717, 1.165) is 27.7 Å². The Bertz CT molecular complexity index is 880. The second-order valence-electron chi connectivity index (χ2n) is 7.54. The predicted molar refractivity (Wildman–Crippen MR) is 176 cm³/mol. The lowest BCUT2D eigenvalue weighted by Gasteiger charge is -2.13. The maximum Gasteiger partial charge on any atom is 0.0314 e. The minimum Gasteiger partial charge on any atom is -0.399 e. The number of thiol groups is 3. The molecule has 0 aliphatic carbocycles. The SMILES string of the molecule is CC.CC.CCC.CCCS.CCc1cc(S)cc2cc(S)c(C)c(C)c12.Cc1ccc(N)cc1. The average molecular weight is 536 g/mol. The first-order chi connectivity index (χ1) is 16.7. The fourth-order valence-corrected chi connectivity index (χ4v) is 3.36. The van der Waals surface area contributed by atoms with Crippen molar-refractivity contribution >= 4 is 54.3 Å². The van der Waals surface area contributed by atoms with E-state index in [4.69, 9.17) is 5.73 Å². The first-order valence-electron chi connectivity index (χ1n) is 13.0. The second kappa shape index (κ2) is 24.5. The van der Waals surface area contributed by atoms with Crippen LogP contribution in [0.25, 0.3) is 10.8 Å². The Balaban J connectivity index is -0.000000451. The molecule has 0 amide bonds. The number of benzene rings is 3. The molecule has 0 atom stereocenters. The van der Waals surface area contributed by atoms with E-state index in [2.05, 4.69) is 97.6 Å². The first kappa shape index (κ1) is 38.3. The molecule has 0 unspecified atom stereocenters. The zero-order valence-corrected chi connectivity index (χ0v) is 27.0. The molecule has 0 aliphatic rings. The molecule has 0 aliphatic heterocycles. The summed E-state index contributed by atoms with van der Waals surface area (Å²) in [6.07, 6.45) is 3.47. The molecule has 4 heteroatoms. The molecule has 2 N–H and O–H groups in total. The molecule has 0 saturated heterocycles. The monoisotopic (exact) mass is 535 g/mol. The van der Waals surface area contributed by atoms with Gasteiger partial charge in [-0.1, -0.05) is 79.5 Å². The van der Waals surface area contributed by atoms with Crippen molar-refractivity contribution in [1.82, 2.24) is 0 Å². The highest BCUT2D eigenvalue weighted by Gasteiger charge is 2.08. The zero-order chi connectivity index (χ0) is 28.0. The molecule has 0 aromatic heterocycles. The summed E-state index contributed by atoms with van der Waals surface area (Å²) < 4.78 is 0. The van der Waals surface area contributed by atoms with E-state index in [1.165, 1.54) is 45.9 Å². The summed E-state index contributed by atoms with van der Waals surface area (Å²) in [4.78, 5) is 2.09. The van der Waals surface area contributed by atoms with E-state index in [1.54, 1.807) is 0 Å². The van der Waals surface area contributed by atoms with Crippen molar-refractivity contribution in [1.29, 1.82) is 0 Å². The van der Waals surface area contributed by atoms with Gasteiger partial charge in [-0.15, -0.1) is 25.3 Å². The Kier molecular flexibility index (Phi) is 26.8. The van der Waals surface area contributed by atoms with E-state index < -0.39 is 0 Å². The number of hydrogen-bond acceptors (Lipinski definition) is 4. The summed E-state index contributed by atoms with van der Waals surface area (Å²) in [5, 5.41) is 2.62. The van der Waals surface area contributed by atoms with E-state index in [1.807, 2.05) is 58.9 Å². The lowest BCUT2D eigenvalue weighted by atomic mass is 9.95. The number of nitrogen functional groups attached to an aromatic ring is 1. The maximum absolute atomic E-state index is 5.43. The molecule has 0 bridgehead atoms. The van der Waals surface area contributed by atoms with Crippen LogP contribution in [0.2, 0.25) is 0 Å². The third-order valence-electron chi connectivity index (χ3n) is 4.53. The highest BCUT2D eigenvalue weighted by atomic mass is 32.1. The smallest absolute Gasteiger partial charge is 0.0314 e. The minimum atomic E-state index is 0.829. The molecule has 3 rings (SSSR count). The molecule has 3 aromatic rings. The Morgan fingerprint density at radius 1 is 0.743 bits per heavy atom. The van der Waals surface area contributed by atoms with Crippen LogP contribution in [0.4, 0.5) is 5.69 Å². The summed E-state index contributed by atoms with van der Waals surface area (Å²) in [6.45, 7) is 22.9. The van der Waals surface area contributed by atoms with Gasteiger partial charge in [-0.3, -0.25) is 0 Å². The standard InChI is InChI=1S/C14H16S2.C7H9N.C3H8S.C3H8.2C2H6/c1-4-10-5-12(15)6-11-7-13(16)8(2)9(3)14(10)11;1-6-2-4-7(8)5-3-6;1-2-3-4;1-3-2;2*1-2/h5-7,15-16H,4H2,1-3H3;2-5H,8H2,1H3;4H,2-3H2,1H3;3H2,1-2H3;2*1-2H3. The van der Waals surface area contributed by atoms with Crippen LogP contribution in [-0.4, -0.2) is 5.75 Å². The summed E-state index contributed by atoms with van der Waals surface area (Å²) in [5.74, 6) is 1.01. The zero-order valence-electron chi connectivity index (χ0n) is 24.3. The van der Waals surface area contributed by atoms with Gasteiger partial charge in [-0.25, -0.2) is 0 Å². The highest BCUT2D eigenvalue weighted by molar-refractivity contribution is 7.80. The van der Waals surface area contributed by atoms with E-state index in [-0.39, 0.29) is 0 Å². The Labute approximate surface area is 234 Å². The van der Waals surface area contributed by atoms with Crippen LogP contribution in [0.5, 0.6) is 0 Å². The normalized spacial score (nSPS) is 8.86. The highest BCUT2D eigenvalue weighted by Crippen LogP contribution is 2.31. The van der Waals surface area contributed by atoms with E-state index >= 15 is 0 Å². The molecular weight excluding hydrogens is 483 g/mol. The number of rotatable bonds is 2. The Morgan fingerprint density at radius 2 is 1.20 bits per heavy atom. The van der Waals surface area contributed by atoms with Crippen molar-refractivity contribution in [2.24, 2.45) is 0 Å². The van der Waals surface area contributed by atoms with Gasteiger partial charge in [0, 0.05) is 15.5 Å². The van der Waals surface area contributed by atoms with Crippen LogP contribution < -0.4 is 5.73 Å². The third kappa shape index (κ3) is 16.2. The molecule has 3 aromatic carbocycles. The molecule has 200 valence electrons. The molecule has 0 radical (unpaired) electrons. The van der Waals surface area contributed by atoms with Crippen LogP contribution in [0.3, 0.4) is 0 Å². The summed E-state index contributed by atoms with van der Waals surface area (Å²) in [5.41, 5.74) is 11.5. The number of anilines is 1. The van der Waals surface area contributed by atoms with E-state index in [9.17, 15) is 0 Å². The van der Waals surface area contributed by atoms with Gasteiger partial charge in [0.15, 0.2) is 0 Å². The van der Waals surface area contributed by atoms with Gasteiger partial charge in [0.1, 0.15) is 0 Å². The van der Waals surface area contributed by atoms with E-state index in [0.29, 0.717) is 0 Å². The van der Waals surface area contributed by atoms with Crippen LogP contribution in [0, 0.1) is 20.8 Å². The van der Waals surface area contributed by atoms with Gasteiger partial charge < -0.3 is 5.73 Å². The van der Waals surface area contributed by atoms with Gasteiger partial charge in [-0.05, 0) is 97.2 Å². The summed E-state index contributed by atoms with van der Waals surface area (Å²) in [7, 11) is 0. The lowest BCUT2D eigenvalue weighted by molar-refractivity contribution is 1.09. The van der Waals surface area contributed by atoms with Crippen molar-refractivity contribution in [3.8, 4) is 0 Å². The molecule has 0 saturated carbocycles. The van der Waals surface area contributed by atoms with Crippen molar-refractivity contribution in [2.75, 3.05) is 11.5 Å². The largest absolute Gasteiger partial charge is 0.399 e. The lowest BCUT2D eigenvalue weighted by Crippen LogP contribution is -1.92. The fraction of sp³-hybridized carbons (Fsp3) is 0.484. The number of nitrogens with two attached hydrogens (primary N) is 1. The van der Waals surface area contributed by atoms with Crippen molar-refractivity contribution in [2.45, 2.75) is 105 Å². The Hall–Kier alpha value is -1.23. The number of hydrogen-bond donors (Lipinski definition) is 4. The van der Waals surface area contributed by atoms with Crippen molar-refractivity contribution in [3.05, 3.63) is 64.7 Å². The molecule has 1 nitrogen and oxygen atoms in total. The second-order valence-corrected chi connectivity index (χ2v) is 8.99. The molecule has 0 fully saturated rings. The summed E-state index contributed by atoms with van der Waals surface area (Å²) in [6, 6.07) is 14.2. The fourth-order valence-electron chi connectivity index (χ4n) is 2.76. The maximum atomic E-state index is 5.43. The van der Waals surface area contributed by atoms with Crippen molar-refractivity contribution in [3.63, 3.8) is 0 Å². The predicted octanol–water partition coefficient (Wildman–Crippen LogP) is 11.0. The molecule has 35 heavy (non-hydrogen) atoms.